The van der Waals surface area contributed by atoms with Crippen LogP contribution in [0.5, 0.6) is 0 Å². The maximum absolute atomic E-state index is 12.9. The summed E-state index contributed by atoms with van der Waals surface area (Å²) in [5, 5.41) is 0. The van der Waals surface area contributed by atoms with Crippen molar-refractivity contribution < 1.29 is 9.18 Å². The quantitative estimate of drug-likeness (QED) is 0.778. The van der Waals surface area contributed by atoms with Crippen LogP contribution in [0.4, 0.5) is 10.3 Å². The minimum absolute atomic E-state index is 0.217. The molecule has 1 aromatic heterocycles. The lowest BCUT2D eigenvalue weighted by Gasteiger charge is -2.39. The Hall–Kier alpha value is -1.80. The van der Waals surface area contributed by atoms with Crippen molar-refractivity contribution in [1.29, 1.82) is 0 Å². The van der Waals surface area contributed by atoms with Gasteiger partial charge in [-0.1, -0.05) is 0 Å². The van der Waals surface area contributed by atoms with Gasteiger partial charge in [-0.2, -0.15) is 0 Å². The van der Waals surface area contributed by atoms with Crippen LogP contribution in [0.1, 0.15) is 13.8 Å². The summed E-state index contributed by atoms with van der Waals surface area (Å²) in [5.74, 6) is 0.345. The number of hydrogen-bond acceptors (Lipinski definition) is 6. The van der Waals surface area contributed by atoms with Crippen LogP contribution < -0.4 is 4.90 Å². The molecule has 0 saturated carbocycles. The summed E-state index contributed by atoms with van der Waals surface area (Å²) in [4.78, 5) is 29.2. The molecule has 2 aliphatic rings. The Morgan fingerprint density at radius 1 is 1.04 bits per heavy atom. The Bertz CT molecular complexity index is 565. The molecule has 7 nitrogen and oxygen atoms in total. The molecule has 2 fully saturated rings. The van der Waals surface area contributed by atoms with E-state index >= 15 is 0 Å². The standard InChI is InChI=1S/C17H27FN6O/c1-14(2)22-7-9-23(10-8-22)16(25)13-21-3-5-24(6-4-21)17-19-11-15(18)12-20-17/h11-12,14H,3-10,13H2,1-2H3. The highest BCUT2D eigenvalue weighted by Crippen LogP contribution is 2.11. The normalized spacial score (nSPS) is 20.3. The molecule has 0 atom stereocenters. The Kier molecular flexibility index (Phi) is 5.80. The van der Waals surface area contributed by atoms with Gasteiger partial charge in [-0.3, -0.25) is 14.6 Å². The van der Waals surface area contributed by atoms with Crippen LogP contribution in [0, 0.1) is 5.82 Å². The molecule has 0 bridgehead atoms. The molecule has 0 unspecified atom stereocenters. The van der Waals surface area contributed by atoms with E-state index in [1.807, 2.05) is 9.80 Å². The molecule has 3 heterocycles. The van der Waals surface area contributed by atoms with E-state index in [1.54, 1.807) is 0 Å². The fourth-order valence-corrected chi connectivity index (χ4v) is 3.35. The van der Waals surface area contributed by atoms with Crippen LogP contribution in [0.15, 0.2) is 12.4 Å². The van der Waals surface area contributed by atoms with Crippen LogP contribution in [0.3, 0.4) is 0 Å². The average molecular weight is 350 g/mol. The smallest absolute Gasteiger partial charge is 0.236 e. The van der Waals surface area contributed by atoms with E-state index in [-0.39, 0.29) is 5.91 Å². The molecule has 1 aromatic rings. The molecule has 25 heavy (non-hydrogen) atoms. The van der Waals surface area contributed by atoms with Gasteiger partial charge >= 0.3 is 0 Å². The summed E-state index contributed by atoms with van der Waals surface area (Å²) >= 11 is 0. The molecule has 2 aliphatic heterocycles. The van der Waals surface area contributed by atoms with Crippen molar-refractivity contribution in [3.8, 4) is 0 Å². The minimum atomic E-state index is -0.425. The lowest BCUT2D eigenvalue weighted by molar-refractivity contribution is -0.134. The predicted octanol–water partition coefficient (Wildman–Crippen LogP) is 0.290. The van der Waals surface area contributed by atoms with Gasteiger partial charge in [0, 0.05) is 58.4 Å². The van der Waals surface area contributed by atoms with Crippen LogP contribution >= 0.6 is 0 Å². The van der Waals surface area contributed by atoms with Gasteiger partial charge in [0.25, 0.3) is 0 Å². The van der Waals surface area contributed by atoms with Crippen LogP contribution in [0.2, 0.25) is 0 Å². The Balaban J connectivity index is 1.43. The molecule has 8 heteroatoms. The molecular formula is C17H27FN6O. The van der Waals surface area contributed by atoms with Crippen molar-refractivity contribution in [2.75, 3.05) is 63.8 Å². The maximum Gasteiger partial charge on any atom is 0.236 e. The van der Waals surface area contributed by atoms with Gasteiger partial charge in [0.05, 0.1) is 18.9 Å². The highest BCUT2D eigenvalue weighted by molar-refractivity contribution is 5.78. The molecule has 0 aromatic carbocycles. The number of rotatable bonds is 4. The first-order chi connectivity index (χ1) is 12.0. The second-order valence-electron chi connectivity index (χ2n) is 6.97. The zero-order chi connectivity index (χ0) is 17.8. The number of halogens is 1. The van der Waals surface area contributed by atoms with E-state index in [0.29, 0.717) is 18.5 Å². The Labute approximate surface area is 148 Å². The summed E-state index contributed by atoms with van der Waals surface area (Å²) in [7, 11) is 0. The van der Waals surface area contributed by atoms with E-state index in [4.69, 9.17) is 0 Å². The highest BCUT2D eigenvalue weighted by Gasteiger charge is 2.25. The lowest BCUT2D eigenvalue weighted by atomic mass is 10.2. The summed E-state index contributed by atoms with van der Waals surface area (Å²) in [6, 6.07) is 0.541. The molecule has 0 aliphatic carbocycles. The molecule has 0 spiro atoms. The van der Waals surface area contributed by atoms with Gasteiger partial charge in [-0.05, 0) is 13.8 Å². The SMILES string of the molecule is CC(C)N1CCN(C(=O)CN2CCN(c3ncc(F)cn3)CC2)CC1. The summed E-state index contributed by atoms with van der Waals surface area (Å²) in [6.45, 7) is 11.5. The fourth-order valence-electron chi connectivity index (χ4n) is 3.35. The van der Waals surface area contributed by atoms with Gasteiger partial charge in [-0.15, -0.1) is 0 Å². The Morgan fingerprint density at radius 2 is 1.64 bits per heavy atom. The van der Waals surface area contributed by atoms with Crippen molar-refractivity contribution in [3.63, 3.8) is 0 Å². The number of aromatic nitrogens is 2. The molecule has 2 saturated heterocycles. The molecule has 1 amide bonds. The fraction of sp³-hybridized carbons (Fsp3) is 0.706. The van der Waals surface area contributed by atoms with E-state index in [9.17, 15) is 9.18 Å². The molecule has 3 rings (SSSR count). The van der Waals surface area contributed by atoms with Crippen LogP contribution in [0.25, 0.3) is 0 Å². The number of nitrogens with zero attached hydrogens (tertiary/aromatic N) is 6. The number of anilines is 1. The van der Waals surface area contributed by atoms with Crippen molar-refractivity contribution in [2.24, 2.45) is 0 Å². The van der Waals surface area contributed by atoms with Crippen molar-refractivity contribution in [3.05, 3.63) is 18.2 Å². The lowest BCUT2D eigenvalue weighted by Crippen LogP contribution is -2.54. The third-order valence-electron chi connectivity index (χ3n) is 5.02. The predicted molar refractivity (Wildman–Crippen MR) is 93.9 cm³/mol. The Morgan fingerprint density at radius 3 is 2.20 bits per heavy atom. The maximum atomic E-state index is 12.9. The highest BCUT2D eigenvalue weighted by atomic mass is 19.1. The van der Waals surface area contributed by atoms with Gasteiger partial charge in [0.2, 0.25) is 11.9 Å². The van der Waals surface area contributed by atoms with Gasteiger partial charge in [0.15, 0.2) is 5.82 Å². The molecule has 0 radical (unpaired) electrons. The number of piperazine rings is 2. The second kappa shape index (κ2) is 8.05. The van der Waals surface area contributed by atoms with Gasteiger partial charge in [-0.25, -0.2) is 14.4 Å². The zero-order valence-corrected chi connectivity index (χ0v) is 15.1. The third-order valence-corrected chi connectivity index (χ3v) is 5.02. The summed E-state index contributed by atoms with van der Waals surface area (Å²) in [6.07, 6.45) is 2.38. The van der Waals surface area contributed by atoms with Crippen LogP contribution in [-0.4, -0.2) is 95.5 Å². The summed E-state index contributed by atoms with van der Waals surface area (Å²) in [5.41, 5.74) is 0. The zero-order valence-electron chi connectivity index (χ0n) is 15.1. The monoisotopic (exact) mass is 350 g/mol. The van der Waals surface area contributed by atoms with Crippen LogP contribution in [-0.2, 0) is 4.79 Å². The largest absolute Gasteiger partial charge is 0.339 e. The number of amides is 1. The first-order valence-corrected chi connectivity index (χ1v) is 8.99. The number of carbonyl (C=O) groups excluding carboxylic acids is 1. The average Bonchev–Trinajstić information content (AvgIpc) is 2.63. The number of hydrogen-bond donors (Lipinski definition) is 0. The number of carbonyl (C=O) groups is 1. The second-order valence-corrected chi connectivity index (χ2v) is 6.97. The molecular weight excluding hydrogens is 323 g/mol. The third kappa shape index (κ3) is 4.64. The molecule has 138 valence electrons. The van der Waals surface area contributed by atoms with E-state index in [0.717, 1.165) is 52.4 Å². The molecule has 0 N–H and O–H groups in total. The van der Waals surface area contributed by atoms with Crippen molar-refractivity contribution in [2.45, 2.75) is 19.9 Å². The first kappa shape index (κ1) is 18.0. The van der Waals surface area contributed by atoms with E-state index < -0.39 is 5.82 Å². The minimum Gasteiger partial charge on any atom is -0.339 e. The summed E-state index contributed by atoms with van der Waals surface area (Å²) < 4.78 is 12.9. The van der Waals surface area contributed by atoms with Gasteiger partial charge < -0.3 is 9.80 Å². The van der Waals surface area contributed by atoms with E-state index in [1.165, 1.54) is 12.4 Å². The van der Waals surface area contributed by atoms with E-state index in [2.05, 4.69) is 33.6 Å². The first-order valence-electron chi connectivity index (χ1n) is 8.99. The van der Waals surface area contributed by atoms with Gasteiger partial charge in [0.1, 0.15) is 0 Å². The van der Waals surface area contributed by atoms with Crippen molar-refractivity contribution in [1.82, 2.24) is 24.7 Å². The topological polar surface area (TPSA) is 55.8 Å². The van der Waals surface area contributed by atoms with Crippen molar-refractivity contribution >= 4 is 11.9 Å².